The fraction of sp³-hybridized carbons (Fsp3) is 0.300. The molecule has 132 valence electrons. The van der Waals surface area contributed by atoms with Crippen molar-refractivity contribution in [3.05, 3.63) is 59.2 Å². The second-order valence-corrected chi connectivity index (χ2v) is 7.01. The molecule has 0 aliphatic carbocycles. The van der Waals surface area contributed by atoms with Crippen LogP contribution in [0, 0.1) is 13.8 Å². The lowest BCUT2D eigenvalue weighted by Crippen LogP contribution is -2.15. The van der Waals surface area contributed by atoms with Gasteiger partial charge in [0, 0.05) is 17.0 Å². The predicted molar refractivity (Wildman–Crippen MR) is 104 cm³/mol. The molecule has 0 atom stereocenters. The highest BCUT2D eigenvalue weighted by molar-refractivity contribution is 7.99. The number of aryl methyl sites for hydroxylation is 2. The van der Waals surface area contributed by atoms with Crippen molar-refractivity contribution in [3.8, 4) is 5.75 Å². The molecule has 0 aliphatic rings. The monoisotopic (exact) mass is 357 g/mol. The van der Waals surface area contributed by atoms with E-state index in [1.807, 2.05) is 26.0 Å². The fourth-order valence-electron chi connectivity index (χ4n) is 2.38. The Kier molecular flexibility index (Phi) is 7.07. The number of amides is 1. The normalized spacial score (nSPS) is 10.4. The maximum absolute atomic E-state index is 11.9. The molecule has 1 amide bonds. The van der Waals surface area contributed by atoms with Crippen LogP contribution in [0.5, 0.6) is 5.75 Å². The number of rotatable bonds is 8. The zero-order valence-corrected chi connectivity index (χ0v) is 15.6. The van der Waals surface area contributed by atoms with Crippen molar-refractivity contribution in [2.75, 3.05) is 23.4 Å². The quantitative estimate of drug-likeness (QED) is 0.567. The molecule has 0 spiro atoms. The van der Waals surface area contributed by atoms with Gasteiger partial charge in [-0.05, 0) is 68.3 Å². The highest BCUT2D eigenvalue weighted by Crippen LogP contribution is 2.16. The molecule has 0 unspecified atom stereocenters. The summed E-state index contributed by atoms with van der Waals surface area (Å²) in [6.45, 7) is 6.17. The Balaban J connectivity index is 1.67. The zero-order chi connectivity index (χ0) is 18.2. The van der Waals surface area contributed by atoms with Crippen molar-refractivity contribution in [1.29, 1.82) is 0 Å². The number of hydrogen-bond acceptors (Lipinski definition) is 4. The van der Waals surface area contributed by atoms with Gasteiger partial charge in [0.25, 0.3) is 0 Å². The summed E-state index contributed by atoms with van der Waals surface area (Å²) in [6.07, 6.45) is 0. The van der Waals surface area contributed by atoms with Crippen molar-refractivity contribution in [3.63, 3.8) is 0 Å². The standard InChI is InChI=1S/C20H23NO3S/c1-14-10-15(2)12-19(11-14)24-8-9-25-13-20(23)21-18-6-4-17(5-7-18)16(3)22/h4-7,10-12H,8-9,13H2,1-3H3,(H,21,23). The second-order valence-electron chi connectivity index (χ2n) is 5.91. The predicted octanol–water partition coefficient (Wildman–Crippen LogP) is 4.26. The van der Waals surface area contributed by atoms with E-state index < -0.39 is 0 Å². The number of benzene rings is 2. The maximum atomic E-state index is 11.9. The molecule has 0 saturated carbocycles. The van der Waals surface area contributed by atoms with Crippen molar-refractivity contribution in [2.24, 2.45) is 0 Å². The van der Waals surface area contributed by atoms with Crippen LogP contribution in [0.3, 0.4) is 0 Å². The van der Waals surface area contributed by atoms with Crippen molar-refractivity contribution in [1.82, 2.24) is 0 Å². The van der Waals surface area contributed by atoms with E-state index in [9.17, 15) is 9.59 Å². The average Bonchev–Trinajstić information content (AvgIpc) is 2.54. The van der Waals surface area contributed by atoms with Crippen molar-refractivity contribution < 1.29 is 14.3 Å². The van der Waals surface area contributed by atoms with Gasteiger partial charge in [-0.2, -0.15) is 0 Å². The third-order valence-corrected chi connectivity index (χ3v) is 4.42. The first-order valence-corrected chi connectivity index (χ1v) is 9.29. The van der Waals surface area contributed by atoms with E-state index in [1.165, 1.54) is 29.8 Å². The van der Waals surface area contributed by atoms with Crippen molar-refractivity contribution in [2.45, 2.75) is 20.8 Å². The average molecular weight is 357 g/mol. The van der Waals surface area contributed by atoms with Crippen LogP contribution in [0.2, 0.25) is 0 Å². The molecule has 25 heavy (non-hydrogen) atoms. The van der Waals surface area contributed by atoms with E-state index in [0.717, 1.165) is 11.5 Å². The molecular formula is C20H23NO3S. The number of anilines is 1. The lowest BCUT2D eigenvalue weighted by atomic mass is 10.1. The Morgan fingerprint density at radius 3 is 2.28 bits per heavy atom. The Hall–Kier alpha value is -2.27. The van der Waals surface area contributed by atoms with E-state index in [1.54, 1.807) is 24.3 Å². The first-order valence-electron chi connectivity index (χ1n) is 8.14. The minimum atomic E-state index is -0.0630. The van der Waals surface area contributed by atoms with Gasteiger partial charge in [0.05, 0.1) is 12.4 Å². The van der Waals surface area contributed by atoms with Gasteiger partial charge in [-0.3, -0.25) is 9.59 Å². The van der Waals surface area contributed by atoms with Crippen LogP contribution in [0.4, 0.5) is 5.69 Å². The summed E-state index contributed by atoms with van der Waals surface area (Å²) in [4.78, 5) is 23.1. The molecule has 2 aromatic rings. The third kappa shape index (κ3) is 6.63. The first-order chi connectivity index (χ1) is 11.9. The van der Waals surface area contributed by atoms with Crippen LogP contribution in [-0.2, 0) is 4.79 Å². The van der Waals surface area contributed by atoms with Crippen molar-refractivity contribution >= 4 is 29.1 Å². The SMILES string of the molecule is CC(=O)c1ccc(NC(=O)CSCCOc2cc(C)cc(C)c2)cc1. The van der Waals surface area contributed by atoms with Gasteiger partial charge >= 0.3 is 0 Å². The van der Waals surface area contributed by atoms with Crippen LogP contribution in [0.25, 0.3) is 0 Å². The Labute approximate surface area is 153 Å². The summed E-state index contributed by atoms with van der Waals surface area (Å²) >= 11 is 1.53. The Morgan fingerprint density at radius 1 is 1.04 bits per heavy atom. The number of carbonyl (C=O) groups is 2. The largest absolute Gasteiger partial charge is 0.493 e. The van der Waals surface area contributed by atoms with Gasteiger partial charge in [0.2, 0.25) is 5.91 Å². The second kappa shape index (κ2) is 9.28. The van der Waals surface area contributed by atoms with E-state index in [-0.39, 0.29) is 11.7 Å². The third-order valence-electron chi connectivity index (χ3n) is 3.50. The van der Waals surface area contributed by atoms with Gasteiger partial charge < -0.3 is 10.1 Å². The Bertz CT molecular complexity index is 721. The van der Waals surface area contributed by atoms with E-state index >= 15 is 0 Å². The Morgan fingerprint density at radius 2 is 1.68 bits per heavy atom. The summed E-state index contributed by atoms with van der Waals surface area (Å²) in [7, 11) is 0. The lowest BCUT2D eigenvalue weighted by molar-refractivity contribution is -0.113. The van der Waals surface area contributed by atoms with E-state index in [4.69, 9.17) is 4.74 Å². The van der Waals surface area contributed by atoms with Gasteiger partial charge in [0.15, 0.2) is 5.78 Å². The highest BCUT2D eigenvalue weighted by atomic mass is 32.2. The number of hydrogen-bond donors (Lipinski definition) is 1. The summed E-state index contributed by atoms with van der Waals surface area (Å²) < 4.78 is 5.72. The number of nitrogens with one attached hydrogen (secondary N) is 1. The van der Waals surface area contributed by atoms with E-state index in [2.05, 4.69) is 11.4 Å². The van der Waals surface area contributed by atoms with Crippen LogP contribution < -0.4 is 10.1 Å². The molecular weight excluding hydrogens is 334 g/mol. The zero-order valence-electron chi connectivity index (χ0n) is 14.8. The highest BCUT2D eigenvalue weighted by Gasteiger charge is 2.04. The molecule has 0 bridgehead atoms. The smallest absolute Gasteiger partial charge is 0.234 e. The molecule has 0 heterocycles. The molecule has 0 radical (unpaired) electrons. The van der Waals surface area contributed by atoms with Gasteiger partial charge in [-0.25, -0.2) is 0 Å². The molecule has 2 rings (SSSR count). The number of ether oxygens (including phenoxy) is 1. The molecule has 0 fully saturated rings. The summed E-state index contributed by atoms with van der Waals surface area (Å²) in [5.74, 6) is 1.92. The van der Waals surface area contributed by atoms with Crippen LogP contribution >= 0.6 is 11.8 Å². The topological polar surface area (TPSA) is 55.4 Å². The molecule has 4 nitrogen and oxygen atoms in total. The number of carbonyl (C=O) groups excluding carboxylic acids is 2. The molecule has 2 aromatic carbocycles. The minimum Gasteiger partial charge on any atom is -0.493 e. The van der Waals surface area contributed by atoms with E-state index in [0.29, 0.717) is 23.6 Å². The van der Waals surface area contributed by atoms with Gasteiger partial charge in [-0.15, -0.1) is 11.8 Å². The summed E-state index contributed by atoms with van der Waals surface area (Å²) in [6, 6.07) is 13.0. The van der Waals surface area contributed by atoms with Crippen LogP contribution in [-0.4, -0.2) is 29.8 Å². The minimum absolute atomic E-state index is 0.0113. The molecule has 0 aliphatic heterocycles. The molecule has 0 aromatic heterocycles. The summed E-state index contributed by atoms with van der Waals surface area (Å²) in [5, 5.41) is 2.82. The number of thioether (sulfide) groups is 1. The number of Topliss-reactive ketones (excluding diaryl/α,β-unsaturated/α-hetero) is 1. The first kappa shape index (κ1) is 19.1. The molecule has 5 heteroatoms. The molecule has 0 saturated heterocycles. The summed E-state index contributed by atoms with van der Waals surface area (Å²) in [5.41, 5.74) is 3.69. The van der Waals surface area contributed by atoms with Crippen LogP contribution in [0.1, 0.15) is 28.4 Å². The van der Waals surface area contributed by atoms with Gasteiger partial charge in [-0.1, -0.05) is 6.07 Å². The van der Waals surface area contributed by atoms with Crippen LogP contribution in [0.15, 0.2) is 42.5 Å². The van der Waals surface area contributed by atoms with Gasteiger partial charge in [0.1, 0.15) is 5.75 Å². The number of ketones is 1. The fourth-order valence-corrected chi connectivity index (χ4v) is 2.99. The molecule has 1 N–H and O–H groups in total. The maximum Gasteiger partial charge on any atom is 0.234 e. The lowest BCUT2D eigenvalue weighted by Gasteiger charge is -2.08.